The Labute approximate surface area is 103 Å². The molecule has 17 heavy (non-hydrogen) atoms. The van der Waals surface area contributed by atoms with Gasteiger partial charge in [-0.15, -0.1) is 11.3 Å². The normalized spacial score (nSPS) is 20.8. The summed E-state index contributed by atoms with van der Waals surface area (Å²) in [5.74, 6) is 0. The predicted molar refractivity (Wildman–Crippen MR) is 67.5 cm³/mol. The Kier molecular flexibility index (Phi) is 2.94. The van der Waals surface area contributed by atoms with Gasteiger partial charge in [-0.25, -0.2) is 4.98 Å². The van der Waals surface area contributed by atoms with E-state index in [1.54, 1.807) is 10.9 Å². The topological polar surface area (TPSA) is 44.1 Å². The maximum Gasteiger partial charge on any atom is 0.271 e. The summed E-state index contributed by atoms with van der Waals surface area (Å²) in [5.41, 5.74) is 0.847. The van der Waals surface area contributed by atoms with E-state index in [1.807, 2.05) is 11.4 Å². The second-order valence-electron chi connectivity index (χ2n) is 4.33. The van der Waals surface area contributed by atoms with Crippen molar-refractivity contribution in [2.75, 3.05) is 6.61 Å². The Bertz CT molecular complexity index is 569. The SMILES string of the molecule is O=c1c2sccc2ncn1C[C@@H]1CCCCO1. The van der Waals surface area contributed by atoms with E-state index >= 15 is 0 Å². The zero-order valence-corrected chi connectivity index (χ0v) is 10.3. The van der Waals surface area contributed by atoms with E-state index in [4.69, 9.17) is 4.74 Å². The lowest BCUT2D eigenvalue weighted by Crippen LogP contribution is -2.30. The molecule has 90 valence electrons. The molecule has 2 aromatic heterocycles. The van der Waals surface area contributed by atoms with E-state index in [2.05, 4.69) is 4.98 Å². The minimum absolute atomic E-state index is 0.0548. The summed E-state index contributed by atoms with van der Waals surface area (Å²) in [4.78, 5) is 16.4. The summed E-state index contributed by atoms with van der Waals surface area (Å²) in [6.07, 6.45) is 5.16. The largest absolute Gasteiger partial charge is 0.376 e. The first-order valence-electron chi connectivity index (χ1n) is 5.89. The number of aromatic nitrogens is 2. The summed E-state index contributed by atoms with van der Waals surface area (Å²) >= 11 is 1.45. The molecule has 0 spiro atoms. The van der Waals surface area contributed by atoms with Crippen molar-refractivity contribution in [1.82, 2.24) is 9.55 Å². The first-order chi connectivity index (χ1) is 8.34. The molecule has 0 radical (unpaired) electrons. The van der Waals surface area contributed by atoms with Crippen molar-refractivity contribution in [3.05, 3.63) is 28.1 Å². The zero-order valence-electron chi connectivity index (χ0n) is 9.46. The molecule has 0 N–H and O–H groups in total. The van der Waals surface area contributed by atoms with Crippen molar-refractivity contribution in [1.29, 1.82) is 0 Å². The molecule has 5 heteroatoms. The van der Waals surface area contributed by atoms with Gasteiger partial charge in [0.2, 0.25) is 0 Å². The number of thiophene rings is 1. The number of rotatable bonds is 2. The van der Waals surface area contributed by atoms with Gasteiger partial charge in [0, 0.05) is 6.61 Å². The molecule has 0 bridgehead atoms. The van der Waals surface area contributed by atoms with Gasteiger partial charge in [0.05, 0.1) is 24.5 Å². The quantitative estimate of drug-likeness (QED) is 0.819. The van der Waals surface area contributed by atoms with Crippen LogP contribution in [0.3, 0.4) is 0 Å². The number of hydrogen-bond acceptors (Lipinski definition) is 4. The van der Waals surface area contributed by atoms with Crippen LogP contribution in [0.4, 0.5) is 0 Å². The molecule has 1 aliphatic rings. The second kappa shape index (κ2) is 4.58. The Morgan fingerprint density at radius 3 is 3.29 bits per heavy atom. The highest BCUT2D eigenvalue weighted by atomic mass is 32.1. The molecular formula is C12H14N2O2S. The summed E-state index contributed by atoms with van der Waals surface area (Å²) < 4.78 is 8.06. The minimum Gasteiger partial charge on any atom is -0.376 e. The van der Waals surface area contributed by atoms with Crippen LogP contribution in [0.25, 0.3) is 10.2 Å². The Morgan fingerprint density at radius 2 is 2.47 bits per heavy atom. The van der Waals surface area contributed by atoms with Crippen molar-refractivity contribution in [3.8, 4) is 0 Å². The summed E-state index contributed by atoms with van der Waals surface area (Å²) in [7, 11) is 0. The van der Waals surface area contributed by atoms with Crippen molar-refractivity contribution >= 4 is 21.6 Å². The van der Waals surface area contributed by atoms with Gasteiger partial charge >= 0.3 is 0 Å². The van der Waals surface area contributed by atoms with Crippen LogP contribution in [0.15, 0.2) is 22.6 Å². The molecule has 0 unspecified atom stereocenters. The second-order valence-corrected chi connectivity index (χ2v) is 5.24. The van der Waals surface area contributed by atoms with Crippen LogP contribution in [-0.4, -0.2) is 22.3 Å². The predicted octanol–water partition coefficient (Wildman–Crippen LogP) is 2.03. The molecule has 3 rings (SSSR count). The lowest BCUT2D eigenvalue weighted by Gasteiger charge is -2.22. The fraction of sp³-hybridized carbons (Fsp3) is 0.500. The minimum atomic E-state index is 0.0548. The van der Waals surface area contributed by atoms with Crippen LogP contribution in [0.2, 0.25) is 0 Å². The lowest BCUT2D eigenvalue weighted by molar-refractivity contribution is 0.00536. The van der Waals surface area contributed by atoms with Gasteiger partial charge in [0.1, 0.15) is 4.70 Å². The average Bonchev–Trinajstić information content (AvgIpc) is 2.83. The molecule has 1 atom stereocenters. The van der Waals surface area contributed by atoms with Crippen molar-refractivity contribution in [2.24, 2.45) is 0 Å². The number of nitrogens with zero attached hydrogens (tertiary/aromatic N) is 2. The smallest absolute Gasteiger partial charge is 0.271 e. The molecule has 2 aromatic rings. The van der Waals surface area contributed by atoms with E-state index < -0.39 is 0 Å². The highest BCUT2D eigenvalue weighted by Gasteiger charge is 2.15. The fourth-order valence-electron chi connectivity index (χ4n) is 2.18. The zero-order chi connectivity index (χ0) is 11.7. The number of fused-ring (bicyclic) bond motifs is 1. The Balaban J connectivity index is 1.89. The molecule has 3 heterocycles. The lowest BCUT2D eigenvalue weighted by atomic mass is 10.1. The third-order valence-corrected chi connectivity index (χ3v) is 4.00. The van der Waals surface area contributed by atoms with Gasteiger partial charge in [0.15, 0.2) is 0 Å². The molecule has 0 aromatic carbocycles. The molecule has 1 aliphatic heterocycles. The first kappa shape index (κ1) is 10.9. The van der Waals surface area contributed by atoms with Gasteiger partial charge < -0.3 is 4.74 Å². The van der Waals surface area contributed by atoms with Crippen molar-refractivity contribution < 1.29 is 4.74 Å². The van der Waals surface area contributed by atoms with Gasteiger partial charge in [-0.1, -0.05) is 0 Å². The van der Waals surface area contributed by atoms with Crippen LogP contribution in [0, 0.1) is 0 Å². The maximum absolute atomic E-state index is 12.1. The number of ether oxygens (including phenoxy) is 1. The van der Waals surface area contributed by atoms with E-state index in [1.165, 1.54) is 17.8 Å². The molecule has 1 fully saturated rings. The standard InChI is InChI=1S/C12H14N2O2S/c15-12-11-10(4-6-17-11)13-8-14(12)7-9-3-1-2-5-16-9/h4,6,8-9H,1-3,5,7H2/t9-/m0/s1. The molecule has 1 saturated heterocycles. The summed E-state index contributed by atoms with van der Waals surface area (Å²) in [6.45, 7) is 1.44. The van der Waals surface area contributed by atoms with Crippen LogP contribution in [0.1, 0.15) is 19.3 Å². The van der Waals surface area contributed by atoms with Crippen LogP contribution in [-0.2, 0) is 11.3 Å². The molecule has 0 aliphatic carbocycles. The summed E-state index contributed by atoms with van der Waals surface area (Å²) in [6, 6.07) is 1.88. The molecule has 0 saturated carbocycles. The monoisotopic (exact) mass is 250 g/mol. The van der Waals surface area contributed by atoms with E-state index in [0.29, 0.717) is 6.54 Å². The van der Waals surface area contributed by atoms with Crippen LogP contribution in [0.5, 0.6) is 0 Å². The van der Waals surface area contributed by atoms with Crippen molar-refractivity contribution in [2.45, 2.75) is 31.9 Å². The third kappa shape index (κ3) is 2.12. The van der Waals surface area contributed by atoms with Gasteiger partial charge in [-0.3, -0.25) is 9.36 Å². The molecule has 0 amide bonds. The van der Waals surface area contributed by atoms with Crippen molar-refractivity contribution in [3.63, 3.8) is 0 Å². The van der Waals surface area contributed by atoms with E-state index in [-0.39, 0.29) is 11.7 Å². The van der Waals surface area contributed by atoms with E-state index in [0.717, 1.165) is 29.7 Å². The van der Waals surface area contributed by atoms with E-state index in [9.17, 15) is 4.79 Å². The summed E-state index contributed by atoms with van der Waals surface area (Å²) in [5, 5.41) is 1.90. The van der Waals surface area contributed by atoms with Gasteiger partial charge in [-0.05, 0) is 30.7 Å². The molecule has 4 nitrogen and oxygen atoms in total. The molecular weight excluding hydrogens is 236 g/mol. The van der Waals surface area contributed by atoms with Gasteiger partial charge in [0.25, 0.3) is 5.56 Å². The average molecular weight is 250 g/mol. The highest BCUT2D eigenvalue weighted by Crippen LogP contribution is 2.16. The highest BCUT2D eigenvalue weighted by molar-refractivity contribution is 7.17. The Morgan fingerprint density at radius 1 is 1.53 bits per heavy atom. The first-order valence-corrected chi connectivity index (χ1v) is 6.77. The van der Waals surface area contributed by atoms with Crippen LogP contribution < -0.4 is 5.56 Å². The van der Waals surface area contributed by atoms with Gasteiger partial charge in [-0.2, -0.15) is 0 Å². The maximum atomic E-state index is 12.1. The van der Waals surface area contributed by atoms with Crippen LogP contribution >= 0.6 is 11.3 Å². The fourth-order valence-corrected chi connectivity index (χ4v) is 2.97. The number of hydrogen-bond donors (Lipinski definition) is 0. The Hall–Kier alpha value is -1.20. The third-order valence-electron chi connectivity index (χ3n) is 3.11.